The SMILES string of the molecule is C/C=C1/C=C(c2ccc(C3=NC(C)ON3)cc2Cl)C(=O)N(CC)/C1=N/C(N)=C/CC.CC.CC1CC1. The van der Waals surface area contributed by atoms with Crippen molar-refractivity contribution in [2.45, 2.75) is 74.0 Å². The molecule has 0 saturated heterocycles. The molecule has 0 radical (unpaired) electrons. The molecule has 0 bridgehead atoms. The molecule has 1 aromatic rings. The Hall–Kier alpha value is -2.90. The molecule has 1 saturated carbocycles. The third kappa shape index (κ3) is 7.55. The number of nitrogens with zero attached hydrogens (tertiary/aromatic N) is 3. The van der Waals surface area contributed by atoms with Crippen LogP contribution in [0, 0.1) is 5.92 Å². The second kappa shape index (κ2) is 14.0. The fourth-order valence-electron chi connectivity index (χ4n) is 3.44. The number of halogens is 1. The lowest BCUT2D eigenvalue weighted by Crippen LogP contribution is -2.41. The number of hydroxylamine groups is 1. The lowest BCUT2D eigenvalue weighted by atomic mass is 9.95. The molecule has 4 rings (SSSR count). The van der Waals surface area contributed by atoms with Gasteiger partial charge in [0.1, 0.15) is 11.7 Å². The maximum atomic E-state index is 13.3. The molecule has 3 N–H and O–H groups in total. The first-order chi connectivity index (χ1) is 17.3. The van der Waals surface area contributed by atoms with Gasteiger partial charge in [-0.2, -0.15) is 0 Å². The molecule has 2 heterocycles. The number of nitrogens with one attached hydrogen (secondary N) is 1. The molecule has 196 valence electrons. The topological polar surface area (TPSA) is 92.3 Å². The summed E-state index contributed by atoms with van der Waals surface area (Å²) in [6.45, 7) is 14.4. The van der Waals surface area contributed by atoms with E-state index < -0.39 is 0 Å². The van der Waals surface area contributed by atoms with Crippen LogP contribution in [0.25, 0.3) is 5.57 Å². The molecule has 8 heteroatoms. The Morgan fingerprint density at radius 1 is 1.31 bits per heavy atom. The van der Waals surface area contributed by atoms with Crippen LogP contribution in [0.2, 0.25) is 5.02 Å². The molecule has 1 unspecified atom stereocenters. The number of carbonyl (C=O) groups is 1. The lowest BCUT2D eigenvalue weighted by molar-refractivity contribution is -0.121. The number of benzene rings is 1. The van der Waals surface area contributed by atoms with Crippen molar-refractivity contribution in [1.29, 1.82) is 0 Å². The summed E-state index contributed by atoms with van der Waals surface area (Å²) in [5.74, 6) is 2.45. The third-order valence-corrected chi connectivity index (χ3v) is 5.91. The zero-order valence-corrected chi connectivity index (χ0v) is 23.3. The van der Waals surface area contributed by atoms with Gasteiger partial charge in [-0.15, -0.1) is 0 Å². The zero-order chi connectivity index (χ0) is 26.8. The van der Waals surface area contributed by atoms with Gasteiger partial charge < -0.3 is 5.73 Å². The first-order valence-electron chi connectivity index (χ1n) is 12.8. The van der Waals surface area contributed by atoms with Gasteiger partial charge in [-0.3, -0.25) is 9.69 Å². The number of rotatable bonds is 5. The van der Waals surface area contributed by atoms with Crippen LogP contribution in [0.3, 0.4) is 0 Å². The van der Waals surface area contributed by atoms with E-state index in [1.165, 1.54) is 12.8 Å². The van der Waals surface area contributed by atoms with Crippen LogP contribution in [0.1, 0.15) is 78.9 Å². The smallest absolute Gasteiger partial charge is 0.260 e. The Morgan fingerprint density at radius 3 is 2.44 bits per heavy atom. The van der Waals surface area contributed by atoms with E-state index in [-0.39, 0.29) is 12.1 Å². The maximum Gasteiger partial charge on any atom is 0.260 e. The van der Waals surface area contributed by atoms with Crippen LogP contribution in [0.15, 0.2) is 57.8 Å². The van der Waals surface area contributed by atoms with Crippen molar-refractivity contribution in [2.75, 3.05) is 6.54 Å². The molecule has 3 aliphatic rings. The number of hydrogen-bond acceptors (Lipinski definition) is 6. The number of aliphatic imine (C=N–C) groups is 2. The summed E-state index contributed by atoms with van der Waals surface area (Å²) >= 11 is 6.57. The molecule has 7 nitrogen and oxygen atoms in total. The normalized spacial score (nSPS) is 21.8. The number of carbonyl (C=O) groups excluding carboxylic acids is 1. The molecule has 1 fully saturated rings. The average molecular weight is 514 g/mol. The highest BCUT2D eigenvalue weighted by molar-refractivity contribution is 6.37. The van der Waals surface area contributed by atoms with Gasteiger partial charge in [0.05, 0.1) is 0 Å². The number of hydrogen-bond donors (Lipinski definition) is 2. The second-order valence-corrected chi connectivity index (χ2v) is 8.91. The summed E-state index contributed by atoms with van der Waals surface area (Å²) in [6.07, 6.45) is 9.01. The van der Waals surface area contributed by atoms with E-state index in [2.05, 4.69) is 22.4 Å². The fraction of sp³-hybridized carbons (Fsp3) is 0.464. The Bertz CT molecular complexity index is 1080. The van der Waals surface area contributed by atoms with E-state index in [1.54, 1.807) is 11.0 Å². The van der Waals surface area contributed by atoms with Crippen molar-refractivity contribution in [2.24, 2.45) is 21.6 Å². The molecule has 36 heavy (non-hydrogen) atoms. The van der Waals surface area contributed by atoms with Crippen LogP contribution in [0.5, 0.6) is 0 Å². The van der Waals surface area contributed by atoms with Crippen molar-refractivity contribution in [3.05, 3.63) is 64.0 Å². The van der Waals surface area contributed by atoms with Gasteiger partial charge in [0, 0.05) is 33.8 Å². The molecule has 0 aromatic heterocycles. The number of amidine groups is 2. The van der Waals surface area contributed by atoms with Gasteiger partial charge in [-0.1, -0.05) is 70.3 Å². The molecular weight excluding hydrogens is 474 g/mol. The Kier molecular flexibility index (Phi) is 11.4. The average Bonchev–Trinajstić information content (AvgIpc) is 3.53. The van der Waals surface area contributed by atoms with E-state index in [0.717, 1.165) is 23.5 Å². The summed E-state index contributed by atoms with van der Waals surface area (Å²) in [4.78, 5) is 29.0. The zero-order valence-electron chi connectivity index (χ0n) is 22.6. The summed E-state index contributed by atoms with van der Waals surface area (Å²) in [5.41, 5.74) is 11.5. The molecule has 0 spiro atoms. The molecule has 1 atom stereocenters. The van der Waals surface area contributed by atoms with Gasteiger partial charge in [0.15, 0.2) is 12.1 Å². The third-order valence-electron chi connectivity index (χ3n) is 5.60. The van der Waals surface area contributed by atoms with Crippen LogP contribution >= 0.6 is 11.6 Å². The van der Waals surface area contributed by atoms with Gasteiger partial charge in [-0.05, 0) is 51.3 Å². The minimum absolute atomic E-state index is 0.172. The van der Waals surface area contributed by atoms with E-state index in [4.69, 9.17) is 22.2 Å². The fourth-order valence-corrected chi connectivity index (χ4v) is 3.72. The first-order valence-corrected chi connectivity index (χ1v) is 13.2. The monoisotopic (exact) mass is 513 g/mol. The Morgan fingerprint density at radius 2 is 1.97 bits per heavy atom. The first kappa shape index (κ1) is 29.3. The summed E-state index contributed by atoms with van der Waals surface area (Å²) in [5, 5.41) is 0.452. The second-order valence-electron chi connectivity index (χ2n) is 8.50. The van der Waals surface area contributed by atoms with Gasteiger partial charge >= 0.3 is 0 Å². The van der Waals surface area contributed by atoms with Gasteiger partial charge in [0.25, 0.3) is 5.91 Å². The van der Waals surface area contributed by atoms with Crippen molar-refractivity contribution in [3.8, 4) is 0 Å². The summed E-state index contributed by atoms with van der Waals surface area (Å²) in [7, 11) is 0. The van der Waals surface area contributed by atoms with Crippen LogP contribution in [-0.2, 0) is 9.63 Å². The number of likely N-dealkylation sites (N-methyl/N-ethyl adjacent to an activating group) is 1. The van der Waals surface area contributed by atoms with Crippen molar-refractivity contribution >= 4 is 34.8 Å². The number of nitrogens with two attached hydrogens (primary N) is 1. The Balaban J connectivity index is 0.000000677. The molecule has 1 aromatic carbocycles. The predicted molar refractivity (Wildman–Crippen MR) is 151 cm³/mol. The van der Waals surface area contributed by atoms with E-state index in [1.807, 2.05) is 71.9 Å². The highest BCUT2D eigenvalue weighted by Crippen LogP contribution is 2.32. The van der Waals surface area contributed by atoms with E-state index in [9.17, 15) is 4.79 Å². The van der Waals surface area contributed by atoms with E-state index >= 15 is 0 Å². The summed E-state index contributed by atoms with van der Waals surface area (Å²) < 4.78 is 0. The predicted octanol–water partition coefficient (Wildman–Crippen LogP) is 6.21. The maximum absolute atomic E-state index is 13.3. The molecule has 2 aliphatic heterocycles. The van der Waals surface area contributed by atoms with Crippen LogP contribution in [0.4, 0.5) is 0 Å². The van der Waals surface area contributed by atoms with E-state index in [0.29, 0.717) is 40.2 Å². The minimum atomic E-state index is -0.261. The van der Waals surface area contributed by atoms with Crippen molar-refractivity contribution in [1.82, 2.24) is 10.4 Å². The molecule has 1 aliphatic carbocycles. The molecular formula is C28H40ClN5O2. The highest BCUT2D eigenvalue weighted by Gasteiger charge is 2.31. The largest absolute Gasteiger partial charge is 0.384 e. The standard InChI is InChI=1S/C22H26ClN5O2.C4H8.C2H6/c1-5-8-19(24)26-21-14(6-2)11-17(22(29)28(21)7-3)16-10-9-15(12-18(16)23)20-25-13(4)30-27-20;1-4-2-3-4;1-2/h6,8-13H,5,7,24H2,1-4H3,(H,25,27);4H,2-3H2,1H3;1-2H3/b14-6-,19-8+,26-21+;;. The minimum Gasteiger partial charge on any atom is -0.384 e. The van der Waals surface area contributed by atoms with Gasteiger partial charge in [-0.25, -0.2) is 20.3 Å². The summed E-state index contributed by atoms with van der Waals surface area (Å²) in [6, 6.07) is 5.46. The highest BCUT2D eigenvalue weighted by atomic mass is 35.5. The van der Waals surface area contributed by atoms with Crippen LogP contribution < -0.4 is 11.2 Å². The Labute approximate surface area is 220 Å². The molecule has 1 amide bonds. The lowest BCUT2D eigenvalue weighted by Gasteiger charge is -2.29. The van der Waals surface area contributed by atoms with Crippen molar-refractivity contribution in [3.63, 3.8) is 0 Å². The quantitative estimate of drug-likeness (QED) is 0.489. The number of amides is 1. The number of allylic oxidation sites excluding steroid dienone is 2. The van der Waals surface area contributed by atoms with Gasteiger partial charge in [0.2, 0.25) is 0 Å². The van der Waals surface area contributed by atoms with Crippen molar-refractivity contribution < 1.29 is 9.63 Å². The van der Waals surface area contributed by atoms with Crippen LogP contribution in [-0.4, -0.2) is 35.3 Å².